The quantitative estimate of drug-likeness (QED) is 0.340. The van der Waals surface area contributed by atoms with Crippen molar-refractivity contribution in [3.05, 3.63) is 69.6 Å². The summed E-state index contributed by atoms with van der Waals surface area (Å²) in [5, 5.41) is 8.44. The van der Waals surface area contributed by atoms with Crippen molar-refractivity contribution in [1.82, 2.24) is 30.4 Å². The Labute approximate surface area is 270 Å². The summed E-state index contributed by atoms with van der Waals surface area (Å²) in [4.78, 5) is 69.1. The van der Waals surface area contributed by atoms with E-state index in [1.54, 1.807) is 18.2 Å². The average molecular weight is 659 g/mol. The van der Waals surface area contributed by atoms with Gasteiger partial charge in [-0.2, -0.15) is 13.2 Å². The van der Waals surface area contributed by atoms with Crippen molar-refractivity contribution in [1.29, 1.82) is 0 Å². The van der Waals surface area contributed by atoms with E-state index in [2.05, 4.69) is 20.9 Å². The third-order valence-electron chi connectivity index (χ3n) is 8.45. The van der Waals surface area contributed by atoms with Crippen LogP contribution in [-0.2, 0) is 33.5 Å². The number of alkyl halides is 3. The number of rotatable bonds is 4. The molecule has 0 spiro atoms. The molecule has 1 aliphatic rings. The first-order valence-corrected chi connectivity index (χ1v) is 15.9. The molecule has 2 atom stereocenters. The number of H-pyrrole nitrogens is 1. The van der Waals surface area contributed by atoms with Crippen molar-refractivity contribution in [3.63, 3.8) is 0 Å². The summed E-state index contributed by atoms with van der Waals surface area (Å²) in [5.41, 5.74) is 0.00885. The van der Waals surface area contributed by atoms with Gasteiger partial charge in [0.15, 0.2) is 0 Å². The van der Waals surface area contributed by atoms with Crippen LogP contribution in [0, 0.1) is 5.92 Å². The highest BCUT2D eigenvalue weighted by Crippen LogP contribution is 2.32. The van der Waals surface area contributed by atoms with Gasteiger partial charge in [-0.3, -0.25) is 23.7 Å². The second kappa shape index (κ2) is 15.8. The van der Waals surface area contributed by atoms with Gasteiger partial charge in [-0.1, -0.05) is 38.5 Å². The van der Waals surface area contributed by atoms with Gasteiger partial charge in [0.1, 0.15) is 6.04 Å². The fourth-order valence-corrected chi connectivity index (χ4v) is 5.61. The smallest absolute Gasteiger partial charge is 0.354 e. The largest absolute Gasteiger partial charge is 0.416 e. The summed E-state index contributed by atoms with van der Waals surface area (Å²) in [6.45, 7) is 4.67. The maximum atomic E-state index is 13.6. The van der Waals surface area contributed by atoms with Crippen LogP contribution in [0.4, 0.5) is 13.2 Å². The molecule has 47 heavy (non-hydrogen) atoms. The van der Waals surface area contributed by atoms with E-state index >= 15 is 0 Å². The van der Waals surface area contributed by atoms with Crippen LogP contribution in [0.1, 0.15) is 67.4 Å². The molecule has 0 unspecified atom stereocenters. The predicted octanol–water partition coefficient (Wildman–Crippen LogP) is 3.37. The molecule has 0 saturated heterocycles. The number of aromatic amines is 1. The lowest BCUT2D eigenvalue weighted by Crippen LogP contribution is -2.50. The molecule has 1 aromatic heterocycles. The number of fused-ring (bicyclic) bond motifs is 1. The number of hydrogen-bond donors (Lipinski definition) is 4. The van der Waals surface area contributed by atoms with Gasteiger partial charge >= 0.3 is 11.9 Å². The van der Waals surface area contributed by atoms with Crippen LogP contribution in [-0.4, -0.2) is 70.3 Å². The number of hydrogen-bond acceptors (Lipinski definition) is 5. The topological polar surface area (TPSA) is 145 Å². The molecule has 4 rings (SSSR count). The molecule has 4 amide bonds. The molecule has 11 nitrogen and oxygen atoms in total. The minimum Gasteiger partial charge on any atom is -0.354 e. The molecule has 14 heteroatoms. The lowest BCUT2D eigenvalue weighted by Gasteiger charge is -2.25. The Morgan fingerprint density at radius 3 is 2.40 bits per heavy atom. The van der Waals surface area contributed by atoms with Gasteiger partial charge in [-0.25, -0.2) is 4.79 Å². The van der Waals surface area contributed by atoms with Crippen molar-refractivity contribution in [2.75, 3.05) is 26.2 Å². The minimum absolute atomic E-state index is 0.0120. The summed E-state index contributed by atoms with van der Waals surface area (Å²) >= 11 is 0. The molecule has 0 radical (unpaired) electrons. The highest BCUT2D eigenvalue weighted by Gasteiger charge is 2.34. The number of nitrogens with zero attached hydrogens (tertiary/aromatic N) is 2. The Morgan fingerprint density at radius 1 is 0.957 bits per heavy atom. The number of amides is 4. The molecule has 3 aromatic rings. The molecule has 254 valence electrons. The van der Waals surface area contributed by atoms with Crippen LogP contribution in [0.5, 0.6) is 0 Å². The number of aromatic nitrogens is 2. The second-order valence-electron chi connectivity index (χ2n) is 11.8. The van der Waals surface area contributed by atoms with E-state index in [4.69, 9.17) is 0 Å². The van der Waals surface area contributed by atoms with Crippen LogP contribution >= 0.6 is 0 Å². The van der Waals surface area contributed by atoms with Gasteiger partial charge < -0.3 is 25.8 Å². The van der Waals surface area contributed by atoms with Crippen LogP contribution in [0.15, 0.2) is 47.3 Å². The van der Waals surface area contributed by atoms with Crippen LogP contribution in [0.2, 0.25) is 0 Å². The van der Waals surface area contributed by atoms with Crippen molar-refractivity contribution >= 4 is 34.7 Å². The average Bonchev–Trinajstić information content (AvgIpc) is 3.35. The molecular formula is C33H41F3N6O5. The number of nitrogens with one attached hydrogen (secondary N) is 4. The van der Waals surface area contributed by atoms with E-state index in [1.165, 1.54) is 27.7 Å². The number of imidazole rings is 1. The monoisotopic (exact) mass is 658 g/mol. The van der Waals surface area contributed by atoms with E-state index in [0.717, 1.165) is 6.07 Å². The number of benzene rings is 2. The molecule has 2 heterocycles. The van der Waals surface area contributed by atoms with E-state index in [-0.39, 0.29) is 74.6 Å². The third kappa shape index (κ3) is 9.23. The first-order valence-electron chi connectivity index (χ1n) is 15.9. The molecule has 0 aliphatic carbocycles. The Balaban J connectivity index is 1.56. The van der Waals surface area contributed by atoms with E-state index < -0.39 is 36.0 Å². The van der Waals surface area contributed by atoms with Crippen LogP contribution < -0.4 is 21.6 Å². The molecule has 4 N–H and O–H groups in total. The van der Waals surface area contributed by atoms with Crippen molar-refractivity contribution < 1.29 is 32.3 Å². The molecule has 1 aliphatic heterocycles. The Hall–Kier alpha value is -4.62. The summed E-state index contributed by atoms with van der Waals surface area (Å²) < 4.78 is 42.3. The van der Waals surface area contributed by atoms with Crippen molar-refractivity contribution in [3.8, 4) is 0 Å². The standard InChI is InChI=1S/C33H41F3N6O5/c1-3-21(2)29-31(46)38-15-8-18-42-26-19-23(12-13-25(26)39-32(42)47)30(45)37-14-7-17-41(16-6-11-27(43)40-29)28(44)20-22-9-4-5-10-24(22)33(34,35)36/h4-5,9-10,12-13,19,21,29H,3,6-8,11,14-18,20H2,1-2H3,(H,37,45)(H,38,46)(H,39,47)(H,40,43)/t21-,29-/m0/s1. The molecular weight excluding hydrogens is 617 g/mol. The Morgan fingerprint density at radius 2 is 1.66 bits per heavy atom. The van der Waals surface area contributed by atoms with Gasteiger partial charge in [-0.05, 0) is 55.0 Å². The van der Waals surface area contributed by atoms with Gasteiger partial charge in [0.2, 0.25) is 17.7 Å². The Bertz CT molecular complexity index is 1650. The number of aryl methyl sites for hydroxylation is 1. The van der Waals surface area contributed by atoms with Gasteiger partial charge in [0, 0.05) is 44.7 Å². The Kier molecular flexibility index (Phi) is 11.8. The lowest BCUT2D eigenvalue weighted by atomic mass is 9.98. The first kappa shape index (κ1) is 35.2. The molecule has 0 fully saturated rings. The summed E-state index contributed by atoms with van der Waals surface area (Å²) in [7, 11) is 0. The lowest BCUT2D eigenvalue weighted by molar-refractivity contribution is -0.138. The summed E-state index contributed by atoms with van der Waals surface area (Å²) in [6.07, 6.45) is -3.55. The van der Waals surface area contributed by atoms with E-state index in [9.17, 15) is 37.1 Å². The fourth-order valence-electron chi connectivity index (χ4n) is 5.61. The molecule has 2 bridgehead atoms. The SMILES string of the molecule is CC[C@H](C)[C@@H]1NC(=O)CCCN(C(=O)Cc2ccccc2C(F)(F)F)CCCNC(=O)c2ccc3[nH]c(=O)n(c3c2)CCCNC1=O. The summed E-state index contributed by atoms with van der Waals surface area (Å²) in [6, 6.07) is 8.93. The van der Waals surface area contributed by atoms with Crippen molar-refractivity contribution in [2.45, 2.75) is 71.1 Å². The number of carbonyl (C=O) groups is 4. The zero-order chi connectivity index (χ0) is 34.1. The number of halogens is 3. The maximum Gasteiger partial charge on any atom is 0.416 e. The highest BCUT2D eigenvalue weighted by atomic mass is 19.4. The highest BCUT2D eigenvalue weighted by molar-refractivity contribution is 5.97. The van der Waals surface area contributed by atoms with Gasteiger partial charge in [0.25, 0.3) is 5.91 Å². The predicted molar refractivity (Wildman–Crippen MR) is 169 cm³/mol. The second-order valence-corrected chi connectivity index (χ2v) is 11.8. The summed E-state index contributed by atoms with van der Waals surface area (Å²) in [5.74, 6) is -1.86. The third-order valence-corrected chi connectivity index (χ3v) is 8.45. The van der Waals surface area contributed by atoms with Gasteiger partial charge in [0.05, 0.1) is 23.0 Å². The molecule has 0 saturated carbocycles. The minimum atomic E-state index is -4.63. The van der Waals surface area contributed by atoms with Crippen LogP contribution in [0.3, 0.4) is 0 Å². The fraction of sp³-hybridized carbons (Fsp3) is 0.485. The van der Waals surface area contributed by atoms with E-state index in [1.807, 2.05) is 13.8 Å². The van der Waals surface area contributed by atoms with Gasteiger partial charge in [-0.15, -0.1) is 0 Å². The zero-order valence-corrected chi connectivity index (χ0v) is 26.5. The normalized spacial score (nSPS) is 18.6. The molecule has 2 aromatic carbocycles. The zero-order valence-electron chi connectivity index (χ0n) is 26.5. The van der Waals surface area contributed by atoms with Crippen LogP contribution in [0.25, 0.3) is 11.0 Å². The first-order chi connectivity index (χ1) is 22.4. The van der Waals surface area contributed by atoms with Crippen molar-refractivity contribution in [2.24, 2.45) is 5.92 Å². The van der Waals surface area contributed by atoms with E-state index in [0.29, 0.717) is 35.9 Å². The maximum absolute atomic E-state index is 13.6. The number of carbonyl (C=O) groups excluding carboxylic acids is 4.